The monoisotopic (exact) mass is 280 g/mol. The molecule has 1 atom stereocenters. The van der Waals surface area contributed by atoms with Crippen molar-refractivity contribution in [3.8, 4) is 11.1 Å². The van der Waals surface area contributed by atoms with Crippen LogP contribution in [0.3, 0.4) is 0 Å². The molecule has 0 aromatic heterocycles. The first kappa shape index (κ1) is 13.8. The highest BCUT2D eigenvalue weighted by atomic mass is 16.1. The zero-order valence-electron chi connectivity index (χ0n) is 12.0. The molecule has 2 aromatic carbocycles. The molecule has 3 N–H and O–H groups in total. The fraction of sp³-hybridized carbons (Fsp3) is 0.278. The quantitative estimate of drug-likeness (QED) is 0.885. The van der Waals surface area contributed by atoms with Crippen molar-refractivity contribution in [1.29, 1.82) is 0 Å². The van der Waals surface area contributed by atoms with E-state index in [1.165, 1.54) is 12.8 Å². The predicted octanol–water partition coefficient (Wildman–Crippen LogP) is 2.82. The Kier molecular flexibility index (Phi) is 4.02. The van der Waals surface area contributed by atoms with Crippen LogP contribution in [0.4, 0.5) is 0 Å². The van der Waals surface area contributed by atoms with E-state index >= 15 is 0 Å². The van der Waals surface area contributed by atoms with Crippen LogP contribution < -0.4 is 11.1 Å². The molecule has 1 fully saturated rings. The van der Waals surface area contributed by atoms with E-state index in [9.17, 15) is 4.79 Å². The number of nitrogens with two attached hydrogens (primary N) is 1. The molecule has 3 heteroatoms. The number of amides is 1. The van der Waals surface area contributed by atoms with Gasteiger partial charge in [-0.1, -0.05) is 42.5 Å². The van der Waals surface area contributed by atoms with Gasteiger partial charge >= 0.3 is 0 Å². The van der Waals surface area contributed by atoms with Gasteiger partial charge in [0.05, 0.1) is 0 Å². The molecule has 3 rings (SSSR count). The first-order valence-corrected chi connectivity index (χ1v) is 7.43. The number of hydrogen-bond donors (Lipinski definition) is 2. The van der Waals surface area contributed by atoms with Gasteiger partial charge in [-0.15, -0.1) is 0 Å². The van der Waals surface area contributed by atoms with E-state index in [0.29, 0.717) is 18.0 Å². The molecule has 1 aliphatic rings. The number of hydrogen-bond acceptors (Lipinski definition) is 2. The van der Waals surface area contributed by atoms with E-state index in [1.807, 2.05) is 42.5 Å². The summed E-state index contributed by atoms with van der Waals surface area (Å²) in [5, 5.41) is 2.92. The van der Waals surface area contributed by atoms with Gasteiger partial charge in [0.1, 0.15) is 0 Å². The standard InChI is InChI=1S/C18H20N2O/c19-17(15-8-9-15)12-20-18(21)16-10-6-14(7-11-16)13-4-2-1-3-5-13/h1-7,10-11,15,17H,8-9,12,19H2,(H,20,21). The second-order valence-electron chi connectivity index (χ2n) is 5.65. The van der Waals surface area contributed by atoms with Crippen LogP contribution in [0.1, 0.15) is 23.2 Å². The Bertz CT molecular complexity index is 603. The number of carbonyl (C=O) groups excluding carboxylic acids is 1. The third-order valence-corrected chi connectivity index (χ3v) is 3.98. The van der Waals surface area contributed by atoms with Crippen molar-refractivity contribution in [2.75, 3.05) is 6.54 Å². The minimum Gasteiger partial charge on any atom is -0.350 e. The zero-order chi connectivity index (χ0) is 14.7. The number of benzene rings is 2. The van der Waals surface area contributed by atoms with Gasteiger partial charge in [0.15, 0.2) is 0 Å². The molecule has 0 heterocycles. The van der Waals surface area contributed by atoms with Gasteiger partial charge < -0.3 is 11.1 Å². The Morgan fingerprint density at radius 1 is 1.05 bits per heavy atom. The molecule has 2 aromatic rings. The van der Waals surface area contributed by atoms with Gasteiger partial charge in [0.25, 0.3) is 5.91 Å². The van der Waals surface area contributed by atoms with Crippen LogP contribution >= 0.6 is 0 Å². The van der Waals surface area contributed by atoms with E-state index in [4.69, 9.17) is 5.73 Å². The second-order valence-corrected chi connectivity index (χ2v) is 5.65. The summed E-state index contributed by atoms with van der Waals surface area (Å²) in [6.45, 7) is 0.559. The van der Waals surface area contributed by atoms with Gasteiger partial charge in [-0.3, -0.25) is 4.79 Å². The third-order valence-electron chi connectivity index (χ3n) is 3.98. The van der Waals surface area contributed by atoms with E-state index in [2.05, 4.69) is 17.4 Å². The Morgan fingerprint density at radius 3 is 2.29 bits per heavy atom. The number of rotatable bonds is 5. The van der Waals surface area contributed by atoms with E-state index in [-0.39, 0.29) is 11.9 Å². The molecule has 3 nitrogen and oxygen atoms in total. The summed E-state index contributed by atoms with van der Waals surface area (Å²) >= 11 is 0. The fourth-order valence-electron chi connectivity index (χ4n) is 2.45. The van der Waals surface area contributed by atoms with Crippen molar-refractivity contribution in [2.24, 2.45) is 11.7 Å². The van der Waals surface area contributed by atoms with Crippen LogP contribution in [-0.2, 0) is 0 Å². The lowest BCUT2D eigenvalue weighted by Crippen LogP contribution is -2.38. The van der Waals surface area contributed by atoms with Gasteiger partial charge in [0, 0.05) is 18.2 Å². The van der Waals surface area contributed by atoms with Crippen molar-refractivity contribution in [3.63, 3.8) is 0 Å². The first-order chi connectivity index (χ1) is 10.2. The molecule has 1 aliphatic carbocycles. The molecule has 0 aliphatic heterocycles. The highest BCUT2D eigenvalue weighted by Gasteiger charge is 2.28. The van der Waals surface area contributed by atoms with Gasteiger partial charge in [-0.2, -0.15) is 0 Å². The third kappa shape index (κ3) is 3.50. The lowest BCUT2D eigenvalue weighted by molar-refractivity contribution is 0.0950. The maximum atomic E-state index is 12.1. The van der Waals surface area contributed by atoms with Gasteiger partial charge in [-0.25, -0.2) is 0 Å². The summed E-state index contributed by atoms with van der Waals surface area (Å²) in [5.74, 6) is 0.552. The maximum Gasteiger partial charge on any atom is 0.251 e. The van der Waals surface area contributed by atoms with Gasteiger partial charge in [0.2, 0.25) is 0 Å². The largest absolute Gasteiger partial charge is 0.350 e. The highest BCUT2D eigenvalue weighted by Crippen LogP contribution is 2.31. The van der Waals surface area contributed by atoms with Crippen LogP contribution in [0, 0.1) is 5.92 Å². The number of carbonyl (C=O) groups is 1. The summed E-state index contributed by atoms with van der Waals surface area (Å²) in [6.07, 6.45) is 2.39. The number of nitrogens with one attached hydrogen (secondary N) is 1. The van der Waals surface area contributed by atoms with E-state index in [1.54, 1.807) is 0 Å². The average Bonchev–Trinajstić information content (AvgIpc) is 3.38. The molecular formula is C18H20N2O. The summed E-state index contributed by atoms with van der Waals surface area (Å²) in [6, 6.07) is 17.9. The normalized spacial score (nSPS) is 15.5. The molecule has 1 unspecified atom stereocenters. The highest BCUT2D eigenvalue weighted by molar-refractivity contribution is 5.94. The van der Waals surface area contributed by atoms with Crippen molar-refractivity contribution in [1.82, 2.24) is 5.32 Å². The lowest BCUT2D eigenvalue weighted by atomic mass is 10.0. The van der Waals surface area contributed by atoms with E-state index < -0.39 is 0 Å². The Morgan fingerprint density at radius 2 is 1.67 bits per heavy atom. The second kappa shape index (κ2) is 6.10. The van der Waals surface area contributed by atoms with Crippen molar-refractivity contribution >= 4 is 5.91 Å². The first-order valence-electron chi connectivity index (χ1n) is 7.43. The van der Waals surface area contributed by atoms with Crippen LogP contribution in [0.25, 0.3) is 11.1 Å². The van der Waals surface area contributed by atoms with Crippen LogP contribution in [0.5, 0.6) is 0 Å². The molecule has 0 spiro atoms. The minimum atomic E-state index is -0.0503. The average molecular weight is 280 g/mol. The summed E-state index contributed by atoms with van der Waals surface area (Å²) in [7, 11) is 0. The van der Waals surface area contributed by atoms with Crippen molar-refractivity contribution in [2.45, 2.75) is 18.9 Å². The van der Waals surface area contributed by atoms with Crippen molar-refractivity contribution in [3.05, 3.63) is 60.2 Å². The van der Waals surface area contributed by atoms with Crippen LogP contribution in [0.15, 0.2) is 54.6 Å². The Hall–Kier alpha value is -2.13. The summed E-state index contributed by atoms with van der Waals surface area (Å²) in [5.41, 5.74) is 8.93. The van der Waals surface area contributed by atoms with Crippen molar-refractivity contribution < 1.29 is 4.79 Å². The fourth-order valence-corrected chi connectivity index (χ4v) is 2.45. The smallest absolute Gasteiger partial charge is 0.251 e. The van der Waals surface area contributed by atoms with Crippen LogP contribution in [0.2, 0.25) is 0 Å². The summed E-state index contributed by atoms with van der Waals surface area (Å²) < 4.78 is 0. The van der Waals surface area contributed by atoms with E-state index in [0.717, 1.165) is 11.1 Å². The molecule has 0 radical (unpaired) electrons. The zero-order valence-corrected chi connectivity index (χ0v) is 12.0. The molecular weight excluding hydrogens is 260 g/mol. The lowest BCUT2D eigenvalue weighted by Gasteiger charge is -2.11. The predicted molar refractivity (Wildman–Crippen MR) is 84.9 cm³/mol. The molecule has 0 saturated heterocycles. The molecule has 1 saturated carbocycles. The molecule has 1 amide bonds. The topological polar surface area (TPSA) is 55.1 Å². The van der Waals surface area contributed by atoms with Gasteiger partial charge in [-0.05, 0) is 42.0 Å². The molecule has 0 bridgehead atoms. The Labute approximate surface area is 125 Å². The minimum absolute atomic E-state index is 0.0503. The maximum absolute atomic E-state index is 12.1. The van der Waals surface area contributed by atoms with Crippen LogP contribution in [-0.4, -0.2) is 18.5 Å². The molecule has 108 valence electrons. The summed E-state index contributed by atoms with van der Waals surface area (Å²) in [4.78, 5) is 12.1. The Balaban J connectivity index is 1.62. The molecule has 21 heavy (non-hydrogen) atoms. The SMILES string of the molecule is NC(CNC(=O)c1ccc(-c2ccccc2)cc1)C1CC1.